The summed E-state index contributed by atoms with van der Waals surface area (Å²) in [5.41, 5.74) is 8.43. The Labute approximate surface area is 105 Å². The quantitative estimate of drug-likeness (QED) is 0.676. The lowest BCUT2D eigenvalue weighted by molar-refractivity contribution is 0.592. The molecule has 0 amide bonds. The molecule has 1 aliphatic carbocycles. The van der Waals surface area contributed by atoms with Crippen LogP contribution < -0.4 is 11.1 Å². The van der Waals surface area contributed by atoms with E-state index in [4.69, 9.17) is 5.73 Å². The van der Waals surface area contributed by atoms with E-state index >= 15 is 0 Å². The lowest BCUT2D eigenvalue weighted by Gasteiger charge is -2.09. The van der Waals surface area contributed by atoms with Gasteiger partial charge in [0.25, 0.3) is 0 Å². The Hall–Kier alpha value is -0.860. The molecule has 0 spiro atoms. The first-order chi connectivity index (χ1) is 8.40. The fourth-order valence-corrected chi connectivity index (χ4v) is 2.27. The van der Waals surface area contributed by atoms with Gasteiger partial charge in [-0.3, -0.25) is 0 Å². The molecule has 0 heterocycles. The predicted molar refractivity (Wildman–Crippen MR) is 72.9 cm³/mol. The molecule has 0 aliphatic heterocycles. The Bertz CT molecular complexity index is 331. The van der Waals surface area contributed by atoms with Crippen LogP contribution in [0.4, 0.5) is 0 Å². The fourth-order valence-electron chi connectivity index (χ4n) is 2.27. The van der Waals surface area contributed by atoms with Crippen molar-refractivity contribution in [3.8, 4) is 0 Å². The van der Waals surface area contributed by atoms with Crippen LogP contribution in [0.2, 0.25) is 0 Å². The summed E-state index contributed by atoms with van der Waals surface area (Å²) in [5, 5.41) is 3.54. The summed E-state index contributed by atoms with van der Waals surface area (Å²) < 4.78 is 0. The molecule has 2 heteroatoms. The Morgan fingerprint density at radius 2 is 1.94 bits per heavy atom. The largest absolute Gasteiger partial charge is 0.330 e. The molecule has 1 aromatic carbocycles. The van der Waals surface area contributed by atoms with Gasteiger partial charge < -0.3 is 11.1 Å². The number of nitrogens with two attached hydrogens (primary N) is 1. The van der Waals surface area contributed by atoms with Gasteiger partial charge in [-0.05, 0) is 49.4 Å². The molecule has 0 radical (unpaired) electrons. The number of rotatable bonds is 8. The average molecular weight is 232 g/mol. The second kappa shape index (κ2) is 6.77. The second-order valence-corrected chi connectivity index (χ2v) is 5.07. The van der Waals surface area contributed by atoms with Gasteiger partial charge in [-0.25, -0.2) is 0 Å². The first-order valence-corrected chi connectivity index (χ1v) is 6.87. The molecule has 0 unspecified atom stereocenters. The summed E-state index contributed by atoms with van der Waals surface area (Å²) in [6.45, 7) is 2.87. The van der Waals surface area contributed by atoms with E-state index in [0.29, 0.717) is 0 Å². The molecule has 0 bridgehead atoms. The molecule has 3 N–H and O–H groups in total. The summed E-state index contributed by atoms with van der Waals surface area (Å²) in [4.78, 5) is 0. The molecule has 2 nitrogen and oxygen atoms in total. The normalized spacial score (nSPS) is 15.1. The van der Waals surface area contributed by atoms with Gasteiger partial charge in [0, 0.05) is 6.54 Å². The maximum absolute atomic E-state index is 5.63. The van der Waals surface area contributed by atoms with E-state index < -0.39 is 0 Å². The Kier molecular flexibility index (Phi) is 5.02. The number of hydrogen-bond acceptors (Lipinski definition) is 2. The van der Waals surface area contributed by atoms with E-state index in [1.54, 1.807) is 0 Å². The van der Waals surface area contributed by atoms with Gasteiger partial charge in [0.05, 0.1) is 0 Å². The molecular formula is C15H24N2. The maximum Gasteiger partial charge on any atom is 0.0208 e. The Balaban J connectivity index is 1.69. The van der Waals surface area contributed by atoms with Crippen molar-refractivity contribution in [1.82, 2.24) is 5.32 Å². The lowest BCUT2D eigenvalue weighted by atomic mass is 10.0. The third-order valence-corrected chi connectivity index (χ3v) is 3.51. The summed E-state index contributed by atoms with van der Waals surface area (Å²) in [6, 6.07) is 8.61. The van der Waals surface area contributed by atoms with E-state index in [0.717, 1.165) is 32.0 Å². The topological polar surface area (TPSA) is 38.0 Å². The highest BCUT2D eigenvalue weighted by Crippen LogP contribution is 2.33. The van der Waals surface area contributed by atoms with Crippen molar-refractivity contribution in [2.45, 2.75) is 38.6 Å². The van der Waals surface area contributed by atoms with Gasteiger partial charge in [-0.1, -0.05) is 37.1 Å². The number of benzene rings is 1. The van der Waals surface area contributed by atoms with Gasteiger partial charge in [-0.2, -0.15) is 0 Å². The van der Waals surface area contributed by atoms with E-state index in [9.17, 15) is 0 Å². The zero-order chi connectivity index (χ0) is 11.9. The highest BCUT2D eigenvalue weighted by molar-refractivity contribution is 5.27. The van der Waals surface area contributed by atoms with Gasteiger partial charge in [0.15, 0.2) is 0 Å². The van der Waals surface area contributed by atoms with Crippen LogP contribution in [-0.4, -0.2) is 13.1 Å². The summed E-state index contributed by atoms with van der Waals surface area (Å²) in [5.74, 6) is 1.06. The van der Waals surface area contributed by atoms with Crippen molar-refractivity contribution in [3.05, 3.63) is 35.4 Å². The standard InChI is InChI=1S/C15H24N2/c16-10-9-14-5-1-2-6-15(14)12-17-11-3-4-13-7-8-13/h1-2,5-6,13,17H,3-4,7-12,16H2. The van der Waals surface area contributed by atoms with Crippen LogP contribution in [0.15, 0.2) is 24.3 Å². The van der Waals surface area contributed by atoms with Gasteiger partial charge in [-0.15, -0.1) is 0 Å². The monoisotopic (exact) mass is 232 g/mol. The molecule has 2 rings (SSSR count). The minimum atomic E-state index is 0.735. The molecular weight excluding hydrogens is 208 g/mol. The summed E-state index contributed by atoms with van der Waals surface area (Å²) >= 11 is 0. The Morgan fingerprint density at radius 3 is 2.65 bits per heavy atom. The summed E-state index contributed by atoms with van der Waals surface area (Å²) in [7, 11) is 0. The molecule has 17 heavy (non-hydrogen) atoms. The third kappa shape index (κ3) is 4.49. The highest BCUT2D eigenvalue weighted by atomic mass is 14.8. The minimum absolute atomic E-state index is 0.735. The predicted octanol–water partition coefficient (Wildman–Crippen LogP) is 2.47. The SMILES string of the molecule is NCCc1ccccc1CNCCCC1CC1. The molecule has 0 aromatic heterocycles. The first kappa shape index (κ1) is 12.6. The smallest absolute Gasteiger partial charge is 0.0208 e. The van der Waals surface area contributed by atoms with Crippen LogP contribution in [0, 0.1) is 5.92 Å². The molecule has 1 saturated carbocycles. The molecule has 1 aromatic rings. The van der Waals surface area contributed by atoms with Crippen LogP contribution in [-0.2, 0) is 13.0 Å². The molecule has 0 atom stereocenters. The van der Waals surface area contributed by atoms with E-state index in [1.807, 2.05) is 0 Å². The molecule has 94 valence electrons. The van der Waals surface area contributed by atoms with Crippen molar-refractivity contribution in [2.24, 2.45) is 11.7 Å². The van der Waals surface area contributed by atoms with Gasteiger partial charge in [0.1, 0.15) is 0 Å². The van der Waals surface area contributed by atoms with Crippen LogP contribution in [0.1, 0.15) is 36.8 Å². The number of hydrogen-bond donors (Lipinski definition) is 2. The fraction of sp³-hybridized carbons (Fsp3) is 0.600. The zero-order valence-corrected chi connectivity index (χ0v) is 10.6. The van der Waals surface area contributed by atoms with Gasteiger partial charge >= 0.3 is 0 Å². The molecule has 0 saturated heterocycles. The highest BCUT2D eigenvalue weighted by Gasteiger charge is 2.19. The average Bonchev–Trinajstić information content (AvgIpc) is 3.15. The van der Waals surface area contributed by atoms with Crippen molar-refractivity contribution < 1.29 is 0 Å². The lowest BCUT2D eigenvalue weighted by Crippen LogP contribution is -2.16. The van der Waals surface area contributed by atoms with Crippen molar-refractivity contribution in [3.63, 3.8) is 0 Å². The molecule has 1 aliphatic rings. The van der Waals surface area contributed by atoms with Crippen LogP contribution in [0.3, 0.4) is 0 Å². The molecule has 1 fully saturated rings. The third-order valence-electron chi connectivity index (χ3n) is 3.51. The second-order valence-electron chi connectivity index (χ2n) is 5.07. The maximum atomic E-state index is 5.63. The van der Waals surface area contributed by atoms with Gasteiger partial charge in [0.2, 0.25) is 0 Å². The minimum Gasteiger partial charge on any atom is -0.330 e. The zero-order valence-electron chi connectivity index (χ0n) is 10.6. The van der Waals surface area contributed by atoms with E-state index in [-0.39, 0.29) is 0 Å². The van der Waals surface area contributed by atoms with Crippen LogP contribution in [0.5, 0.6) is 0 Å². The van der Waals surface area contributed by atoms with Crippen LogP contribution >= 0.6 is 0 Å². The van der Waals surface area contributed by atoms with Crippen molar-refractivity contribution in [1.29, 1.82) is 0 Å². The van der Waals surface area contributed by atoms with Crippen molar-refractivity contribution in [2.75, 3.05) is 13.1 Å². The van der Waals surface area contributed by atoms with Crippen LogP contribution in [0.25, 0.3) is 0 Å². The first-order valence-electron chi connectivity index (χ1n) is 6.87. The van der Waals surface area contributed by atoms with E-state index in [2.05, 4.69) is 29.6 Å². The van der Waals surface area contributed by atoms with E-state index in [1.165, 1.54) is 36.8 Å². The van der Waals surface area contributed by atoms with Crippen molar-refractivity contribution >= 4 is 0 Å². The summed E-state index contributed by atoms with van der Waals surface area (Å²) in [6.07, 6.45) is 6.67. The Morgan fingerprint density at radius 1 is 1.18 bits per heavy atom. The number of nitrogens with one attached hydrogen (secondary N) is 1.